The summed E-state index contributed by atoms with van der Waals surface area (Å²) in [5, 5.41) is 3.29. The molecule has 0 radical (unpaired) electrons. The topological polar surface area (TPSA) is 38.3 Å². The number of nitrogens with one attached hydrogen (secondary N) is 1. The van der Waals surface area contributed by atoms with Crippen LogP contribution in [-0.4, -0.2) is 42.0 Å². The summed E-state index contributed by atoms with van der Waals surface area (Å²) in [6, 6.07) is 0. The minimum absolute atomic E-state index is 0.511. The molecule has 0 saturated carbocycles. The third kappa shape index (κ3) is 5.73. The largest absolute Gasteiger partial charge is 0.378 e. The van der Waals surface area contributed by atoms with E-state index in [4.69, 9.17) is 4.74 Å². The van der Waals surface area contributed by atoms with Crippen molar-refractivity contribution < 1.29 is 8.95 Å². The molecule has 1 saturated heterocycles. The van der Waals surface area contributed by atoms with Crippen LogP contribution in [0.3, 0.4) is 0 Å². The van der Waals surface area contributed by atoms with Crippen LogP contribution in [0.2, 0.25) is 0 Å². The monoisotopic (exact) mass is 219 g/mol. The average Bonchev–Trinajstić information content (AvgIpc) is 2.63. The first-order chi connectivity index (χ1) is 6.79. The second-order valence-corrected chi connectivity index (χ2v) is 5.36. The van der Waals surface area contributed by atoms with E-state index in [1.165, 1.54) is 25.7 Å². The second-order valence-electron chi connectivity index (χ2n) is 3.80. The van der Waals surface area contributed by atoms with Crippen molar-refractivity contribution in [2.24, 2.45) is 0 Å². The normalized spacial score (nSPS) is 23.9. The van der Waals surface area contributed by atoms with E-state index in [2.05, 4.69) is 5.32 Å². The smallest absolute Gasteiger partial charge is 0.0576 e. The molecule has 0 bridgehead atoms. The summed E-state index contributed by atoms with van der Waals surface area (Å²) in [5.41, 5.74) is 0. The van der Waals surface area contributed by atoms with E-state index < -0.39 is 10.8 Å². The van der Waals surface area contributed by atoms with Crippen molar-refractivity contribution >= 4 is 10.8 Å². The van der Waals surface area contributed by atoms with Crippen LogP contribution >= 0.6 is 0 Å². The first-order valence-corrected chi connectivity index (χ1v) is 7.14. The molecule has 1 N–H and O–H groups in total. The molecule has 1 fully saturated rings. The predicted molar refractivity (Wildman–Crippen MR) is 60.0 cm³/mol. The molecule has 1 aliphatic heterocycles. The van der Waals surface area contributed by atoms with E-state index >= 15 is 0 Å². The average molecular weight is 219 g/mol. The minimum atomic E-state index is -0.660. The Kier molecular flexibility index (Phi) is 6.39. The molecule has 1 rings (SSSR count). The Hall–Kier alpha value is 0.0700. The Morgan fingerprint density at radius 3 is 3.00 bits per heavy atom. The summed E-state index contributed by atoms with van der Waals surface area (Å²) in [4.78, 5) is 0. The maximum atomic E-state index is 10.7. The first kappa shape index (κ1) is 12.1. The van der Waals surface area contributed by atoms with Crippen molar-refractivity contribution in [3.8, 4) is 0 Å². The molecule has 4 heteroatoms. The lowest BCUT2D eigenvalue weighted by Gasteiger charge is -2.08. The highest BCUT2D eigenvalue weighted by molar-refractivity contribution is 7.84. The Morgan fingerprint density at radius 1 is 1.50 bits per heavy atom. The van der Waals surface area contributed by atoms with E-state index in [1.807, 2.05) is 0 Å². The van der Waals surface area contributed by atoms with Crippen molar-refractivity contribution in [2.45, 2.75) is 31.8 Å². The zero-order valence-corrected chi connectivity index (χ0v) is 9.78. The predicted octanol–water partition coefficient (Wildman–Crippen LogP) is 0.914. The summed E-state index contributed by atoms with van der Waals surface area (Å²) in [7, 11) is -0.660. The molecule has 0 aromatic rings. The fourth-order valence-electron chi connectivity index (χ4n) is 1.67. The van der Waals surface area contributed by atoms with Gasteiger partial charge in [0.25, 0.3) is 0 Å². The van der Waals surface area contributed by atoms with E-state index in [-0.39, 0.29) is 0 Å². The van der Waals surface area contributed by atoms with Crippen molar-refractivity contribution in [1.82, 2.24) is 5.32 Å². The van der Waals surface area contributed by atoms with Gasteiger partial charge in [-0.05, 0) is 32.2 Å². The molecule has 0 spiro atoms. The molecule has 1 heterocycles. The van der Waals surface area contributed by atoms with Crippen LogP contribution in [0.1, 0.15) is 25.7 Å². The summed E-state index contributed by atoms with van der Waals surface area (Å²) >= 11 is 0. The first-order valence-electron chi connectivity index (χ1n) is 5.41. The van der Waals surface area contributed by atoms with E-state index in [9.17, 15) is 4.21 Å². The van der Waals surface area contributed by atoms with E-state index in [0.29, 0.717) is 6.10 Å². The zero-order chi connectivity index (χ0) is 10.2. The Morgan fingerprint density at radius 2 is 2.36 bits per heavy atom. The molecule has 0 aromatic heterocycles. The minimum Gasteiger partial charge on any atom is -0.378 e. The fourth-order valence-corrected chi connectivity index (χ4v) is 2.10. The van der Waals surface area contributed by atoms with Gasteiger partial charge in [0.05, 0.1) is 6.10 Å². The lowest BCUT2D eigenvalue weighted by atomic mass is 10.1. The number of ether oxygens (including phenoxy) is 1. The van der Waals surface area contributed by atoms with Gasteiger partial charge >= 0.3 is 0 Å². The fraction of sp³-hybridized carbons (Fsp3) is 1.00. The van der Waals surface area contributed by atoms with Crippen molar-refractivity contribution in [1.29, 1.82) is 0 Å². The van der Waals surface area contributed by atoms with Gasteiger partial charge in [-0.1, -0.05) is 0 Å². The van der Waals surface area contributed by atoms with Gasteiger partial charge in [0.2, 0.25) is 0 Å². The molecular formula is C10H21NO2S. The highest BCUT2D eigenvalue weighted by Crippen LogP contribution is 2.16. The van der Waals surface area contributed by atoms with Crippen LogP contribution in [0, 0.1) is 0 Å². The van der Waals surface area contributed by atoms with E-state index in [1.54, 1.807) is 6.26 Å². The van der Waals surface area contributed by atoms with Crippen LogP contribution in [0.25, 0.3) is 0 Å². The Balaban J connectivity index is 1.82. The number of hydrogen-bond acceptors (Lipinski definition) is 3. The highest BCUT2D eigenvalue weighted by atomic mass is 32.2. The molecule has 1 aliphatic rings. The third-order valence-corrected chi connectivity index (χ3v) is 3.25. The number of hydrogen-bond donors (Lipinski definition) is 1. The van der Waals surface area contributed by atoms with Crippen LogP contribution in [-0.2, 0) is 15.5 Å². The van der Waals surface area contributed by atoms with Crippen molar-refractivity contribution in [3.05, 3.63) is 0 Å². The van der Waals surface area contributed by atoms with Crippen LogP contribution in [0.15, 0.2) is 0 Å². The lowest BCUT2D eigenvalue weighted by molar-refractivity contribution is 0.102. The molecule has 0 aromatic carbocycles. The summed E-state index contributed by atoms with van der Waals surface area (Å²) in [5.74, 6) is 0.764. The molecule has 3 nitrogen and oxygen atoms in total. The molecule has 0 aliphatic carbocycles. The highest BCUT2D eigenvalue weighted by Gasteiger charge is 2.13. The van der Waals surface area contributed by atoms with Gasteiger partial charge in [-0.15, -0.1) is 0 Å². The van der Waals surface area contributed by atoms with Crippen molar-refractivity contribution in [3.63, 3.8) is 0 Å². The molecule has 14 heavy (non-hydrogen) atoms. The second kappa shape index (κ2) is 7.37. The van der Waals surface area contributed by atoms with E-state index in [0.717, 1.165) is 25.4 Å². The third-order valence-electron chi connectivity index (χ3n) is 2.47. The van der Waals surface area contributed by atoms with Gasteiger partial charge < -0.3 is 10.1 Å². The van der Waals surface area contributed by atoms with Gasteiger partial charge in [-0.2, -0.15) is 0 Å². The molecule has 84 valence electrons. The standard InChI is InChI=1S/C10H21NO2S/c1-14(12)9-7-11-6-2-4-10-5-3-8-13-10/h10-11H,2-9H2,1H3. The van der Waals surface area contributed by atoms with Gasteiger partial charge in [0.15, 0.2) is 0 Å². The van der Waals surface area contributed by atoms with Crippen molar-refractivity contribution in [2.75, 3.05) is 31.7 Å². The summed E-state index contributed by atoms with van der Waals surface area (Å²) in [6.07, 6.45) is 7.06. The molecule has 2 unspecified atom stereocenters. The quantitative estimate of drug-likeness (QED) is 0.647. The van der Waals surface area contributed by atoms with Crippen LogP contribution in [0.5, 0.6) is 0 Å². The maximum Gasteiger partial charge on any atom is 0.0576 e. The maximum absolute atomic E-state index is 10.7. The SMILES string of the molecule is CS(=O)CCNCCCC1CCCO1. The van der Waals surface area contributed by atoms with Crippen LogP contribution < -0.4 is 5.32 Å². The lowest BCUT2D eigenvalue weighted by Crippen LogP contribution is -2.22. The zero-order valence-electron chi connectivity index (χ0n) is 8.96. The van der Waals surface area contributed by atoms with Gasteiger partial charge in [-0.25, -0.2) is 0 Å². The molecule has 0 amide bonds. The summed E-state index contributed by atoms with van der Waals surface area (Å²) < 4.78 is 16.3. The molecular weight excluding hydrogens is 198 g/mol. The Bertz CT molecular complexity index is 170. The summed E-state index contributed by atoms with van der Waals surface area (Å²) in [6.45, 7) is 2.85. The van der Waals surface area contributed by atoms with Crippen LogP contribution in [0.4, 0.5) is 0 Å². The van der Waals surface area contributed by atoms with Gasteiger partial charge in [0.1, 0.15) is 0 Å². The van der Waals surface area contributed by atoms with Gasteiger partial charge in [-0.3, -0.25) is 4.21 Å². The Labute approximate surface area is 89.1 Å². The molecule has 2 atom stereocenters. The number of rotatable bonds is 7. The van der Waals surface area contributed by atoms with Gasteiger partial charge in [0, 0.05) is 36.0 Å².